The molecule has 0 aliphatic rings. The third-order valence-electron chi connectivity index (χ3n) is 5.00. The van der Waals surface area contributed by atoms with Crippen molar-refractivity contribution >= 4 is 38.9 Å². The summed E-state index contributed by atoms with van der Waals surface area (Å²) in [7, 11) is -3.23. The summed E-state index contributed by atoms with van der Waals surface area (Å²) in [5, 5.41) is 5.79. The zero-order valence-electron chi connectivity index (χ0n) is 19.1. The van der Waals surface area contributed by atoms with Gasteiger partial charge in [-0.05, 0) is 67.6 Å². The Kier molecular flexibility index (Phi) is 8.05. The quantitative estimate of drug-likeness (QED) is 0.403. The Labute approximate surface area is 199 Å². The smallest absolute Gasteiger partial charge is 0.255 e. The molecule has 3 aromatic carbocycles. The number of aryl methyl sites for hydroxylation is 2. The molecule has 0 saturated heterocycles. The van der Waals surface area contributed by atoms with Crippen LogP contribution in [0.1, 0.15) is 27.0 Å². The van der Waals surface area contributed by atoms with Crippen LogP contribution < -0.4 is 15.4 Å². The number of anilines is 2. The van der Waals surface area contributed by atoms with Crippen molar-refractivity contribution in [2.75, 3.05) is 29.0 Å². The third kappa shape index (κ3) is 7.27. The van der Waals surface area contributed by atoms with Gasteiger partial charge in [0.25, 0.3) is 5.91 Å². The average molecular weight is 485 g/mol. The molecule has 1 amide bonds. The molecule has 174 valence electrons. The lowest BCUT2D eigenvalue weighted by Gasteiger charge is -2.16. The summed E-state index contributed by atoms with van der Waals surface area (Å²) in [5.74, 6) is -0.00425. The maximum Gasteiger partial charge on any atom is 0.255 e. The number of rotatable bonds is 9. The van der Waals surface area contributed by atoms with Crippen LogP contribution in [0.15, 0.2) is 65.6 Å². The number of amides is 1. The van der Waals surface area contributed by atoms with Gasteiger partial charge in [0.2, 0.25) is 0 Å². The Morgan fingerprint density at radius 1 is 1.00 bits per heavy atom. The van der Waals surface area contributed by atoms with E-state index in [-0.39, 0.29) is 11.8 Å². The van der Waals surface area contributed by atoms with Crippen LogP contribution in [-0.4, -0.2) is 32.7 Å². The van der Waals surface area contributed by atoms with Gasteiger partial charge in [0, 0.05) is 28.5 Å². The first-order valence-corrected chi connectivity index (χ1v) is 13.6. The minimum Gasteiger partial charge on any atom is -0.487 e. The molecule has 33 heavy (non-hydrogen) atoms. The summed E-state index contributed by atoms with van der Waals surface area (Å²) in [6.45, 7) is 4.35. The zero-order valence-corrected chi connectivity index (χ0v) is 20.8. The van der Waals surface area contributed by atoms with Gasteiger partial charge >= 0.3 is 0 Å². The van der Waals surface area contributed by atoms with Crippen LogP contribution in [0.5, 0.6) is 5.75 Å². The van der Waals surface area contributed by atoms with Crippen molar-refractivity contribution in [3.05, 3.63) is 82.9 Å². The summed E-state index contributed by atoms with van der Waals surface area (Å²) >= 11 is 1.61. The maximum absolute atomic E-state index is 12.7. The fraction of sp³-hybridized carbons (Fsp3) is 0.240. The van der Waals surface area contributed by atoms with E-state index < -0.39 is 9.84 Å². The monoisotopic (exact) mass is 484 g/mol. The highest BCUT2D eigenvalue weighted by Gasteiger charge is 2.12. The lowest BCUT2D eigenvalue weighted by Crippen LogP contribution is -2.14. The molecular formula is C25H28N2O4S2. The van der Waals surface area contributed by atoms with Crippen molar-refractivity contribution in [1.29, 1.82) is 0 Å². The molecule has 6 nitrogen and oxygen atoms in total. The van der Waals surface area contributed by atoms with E-state index in [4.69, 9.17) is 4.74 Å². The number of carbonyl (C=O) groups excluding carboxylic acids is 1. The van der Waals surface area contributed by atoms with Gasteiger partial charge in [-0.3, -0.25) is 4.79 Å². The zero-order chi connectivity index (χ0) is 24.0. The average Bonchev–Trinajstić information content (AvgIpc) is 2.78. The first-order valence-electron chi connectivity index (χ1n) is 10.3. The second-order valence-electron chi connectivity index (χ2n) is 7.86. The molecule has 3 rings (SSSR count). The molecular weight excluding hydrogens is 456 g/mol. The molecule has 3 aromatic rings. The van der Waals surface area contributed by atoms with Gasteiger partial charge in [-0.25, -0.2) is 8.42 Å². The Bertz CT molecular complexity index is 1240. The first kappa shape index (κ1) is 24.7. The van der Waals surface area contributed by atoms with Gasteiger partial charge in [-0.2, -0.15) is 0 Å². The molecule has 0 aromatic heterocycles. The van der Waals surface area contributed by atoms with Crippen LogP contribution in [0.25, 0.3) is 0 Å². The molecule has 0 radical (unpaired) electrons. The summed E-state index contributed by atoms with van der Waals surface area (Å²) < 4.78 is 29.3. The predicted octanol–water partition coefficient (Wildman–Crippen LogP) is 5.27. The highest BCUT2D eigenvalue weighted by molar-refractivity contribution is 7.98. The number of sulfone groups is 1. The lowest BCUT2D eigenvalue weighted by atomic mass is 10.1. The van der Waals surface area contributed by atoms with E-state index in [2.05, 4.69) is 16.7 Å². The second kappa shape index (κ2) is 10.8. The summed E-state index contributed by atoms with van der Waals surface area (Å²) in [6.07, 6.45) is 3.14. The van der Waals surface area contributed by atoms with Crippen LogP contribution in [0.2, 0.25) is 0 Å². The number of hydrogen-bond acceptors (Lipinski definition) is 6. The van der Waals surface area contributed by atoms with Gasteiger partial charge in [-0.1, -0.05) is 23.8 Å². The molecule has 0 aliphatic heterocycles. The Morgan fingerprint density at radius 2 is 1.73 bits per heavy atom. The summed E-state index contributed by atoms with van der Waals surface area (Å²) in [5.41, 5.74) is 4.90. The summed E-state index contributed by atoms with van der Waals surface area (Å²) in [6, 6.07) is 18.6. The van der Waals surface area contributed by atoms with Crippen LogP contribution >= 0.6 is 11.8 Å². The molecule has 0 unspecified atom stereocenters. The highest BCUT2D eigenvalue weighted by atomic mass is 32.2. The van der Waals surface area contributed by atoms with E-state index >= 15 is 0 Å². The topological polar surface area (TPSA) is 84.5 Å². The minimum absolute atomic E-state index is 0.222. The van der Waals surface area contributed by atoms with Crippen LogP contribution in [0.3, 0.4) is 0 Å². The molecule has 0 heterocycles. The molecule has 0 fully saturated rings. The van der Waals surface area contributed by atoms with Gasteiger partial charge in [-0.15, -0.1) is 11.8 Å². The number of nitrogens with one attached hydrogen (secondary N) is 2. The lowest BCUT2D eigenvalue weighted by molar-refractivity contribution is 0.102. The Balaban J connectivity index is 1.82. The van der Waals surface area contributed by atoms with E-state index in [1.54, 1.807) is 42.1 Å². The van der Waals surface area contributed by atoms with Crippen molar-refractivity contribution in [1.82, 2.24) is 0 Å². The number of benzene rings is 3. The largest absolute Gasteiger partial charge is 0.487 e. The highest BCUT2D eigenvalue weighted by Crippen LogP contribution is 2.30. The van der Waals surface area contributed by atoms with E-state index in [0.29, 0.717) is 29.3 Å². The van der Waals surface area contributed by atoms with Crippen molar-refractivity contribution in [2.24, 2.45) is 0 Å². The predicted molar refractivity (Wildman–Crippen MR) is 136 cm³/mol. The molecule has 0 atom stereocenters. The first-order chi connectivity index (χ1) is 15.6. The van der Waals surface area contributed by atoms with Crippen molar-refractivity contribution in [3.63, 3.8) is 0 Å². The Morgan fingerprint density at radius 3 is 2.39 bits per heavy atom. The second-order valence-corrected chi connectivity index (χ2v) is 10.9. The Hall–Kier alpha value is -2.97. The van der Waals surface area contributed by atoms with E-state index in [1.807, 2.05) is 44.4 Å². The SMILES string of the molecule is CSc1ccc(C(=O)Nc2ccc(NCS(C)(=O)=O)c(OCc3cc(C)ccc3C)c2)cc1. The third-order valence-corrected chi connectivity index (χ3v) is 6.42. The molecule has 0 spiro atoms. The van der Waals surface area contributed by atoms with Crippen LogP contribution in [0, 0.1) is 13.8 Å². The number of carbonyl (C=O) groups is 1. The number of hydrogen-bond donors (Lipinski definition) is 2. The van der Waals surface area contributed by atoms with E-state index in [9.17, 15) is 13.2 Å². The molecule has 0 aliphatic carbocycles. The van der Waals surface area contributed by atoms with Gasteiger partial charge in [0.15, 0.2) is 9.84 Å². The number of thioether (sulfide) groups is 1. The number of ether oxygens (including phenoxy) is 1. The van der Waals surface area contributed by atoms with Crippen LogP contribution in [-0.2, 0) is 16.4 Å². The van der Waals surface area contributed by atoms with Gasteiger partial charge in [0.1, 0.15) is 18.2 Å². The van der Waals surface area contributed by atoms with Crippen molar-refractivity contribution in [3.8, 4) is 5.75 Å². The fourth-order valence-corrected chi connectivity index (χ4v) is 3.96. The van der Waals surface area contributed by atoms with E-state index in [0.717, 1.165) is 27.8 Å². The summed E-state index contributed by atoms with van der Waals surface area (Å²) in [4.78, 5) is 13.8. The van der Waals surface area contributed by atoms with Gasteiger partial charge in [0.05, 0.1) is 5.69 Å². The molecule has 0 saturated carbocycles. The van der Waals surface area contributed by atoms with Crippen molar-refractivity contribution < 1.29 is 17.9 Å². The maximum atomic E-state index is 12.7. The van der Waals surface area contributed by atoms with Gasteiger partial charge < -0.3 is 15.4 Å². The van der Waals surface area contributed by atoms with Crippen molar-refractivity contribution in [2.45, 2.75) is 25.3 Å². The molecule has 2 N–H and O–H groups in total. The molecule has 8 heteroatoms. The normalized spacial score (nSPS) is 11.2. The van der Waals surface area contributed by atoms with E-state index in [1.165, 1.54) is 0 Å². The fourth-order valence-electron chi connectivity index (χ4n) is 3.13. The van der Waals surface area contributed by atoms with Crippen LogP contribution in [0.4, 0.5) is 11.4 Å². The molecule has 0 bridgehead atoms. The standard InChI is InChI=1S/C25H28N2O4S2/c1-17-5-6-18(2)20(13-17)15-31-24-14-21(9-12-23(24)26-16-33(4,29)30)27-25(28)19-7-10-22(32-3)11-8-19/h5-14,26H,15-16H2,1-4H3,(H,27,28). The minimum atomic E-state index is -3.23.